The first kappa shape index (κ1) is 13.2. The topological polar surface area (TPSA) is 32.3 Å². The molecule has 2 N–H and O–H groups in total. The van der Waals surface area contributed by atoms with Gasteiger partial charge in [-0.15, -0.1) is 0 Å². The van der Waals surface area contributed by atoms with E-state index in [1.807, 2.05) is 29.8 Å². The molecule has 0 bridgehead atoms. The van der Waals surface area contributed by atoms with Crippen LogP contribution in [0.15, 0.2) is 41.1 Å². The summed E-state index contributed by atoms with van der Waals surface area (Å²) in [6.07, 6.45) is -0.521. The highest BCUT2D eigenvalue weighted by atomic mass is 32.1. The predicted octanol–water partition coefficient (Wildman–Crippen LogP) is 3.27. The maximum absolute atomic E-state index is 13.1. The first-order chi connectivity index (χ1) is 8.66. The fourth-order valence-electron chi connectivity index (χ4n) is 1.76. The minimum absolute atomic E-state index is 0.00832. The van der Waals surface area contributed by atoms with E-state index in [-0.39, 0.29) is 11.9 Å². The van der Waals surface area contributed by atoms with E-state index < -0.39 is 6.10 Å². The fourth-order valence-corrected chi connectivity index (χ4v) is 2.47. The number of hydrogen-bond acceptors (Lipinski definition) is 3. The van der Waals surface area contributed by atoms with E-state index in [0.29, 0.717) is 6.54 Å². The Morgan fingerprint density at radius 3 is 2.83 bits per heavy atom. The molecule has 0 aliphatic heterocycles. The molecule has 2 nitrogen and oxygen atoms in total. The Morgan fingerprint density at radius 2 is 2.17 bits per heavy atom. The molecule has 0 spiro atoms. The molecule has 1 aromatic heterocycles. The molecule has 18 heavy (non-hydrogen) atoms. The van der Waals surface area contributed by atoms with Gasteiger partial charge in [0.05, 0.1) is 6.10 Å². The van der Waals surface area contributed by atoms with Gasteiger partial charge in [-0.25, -0.2) is 4.39 Å². The zero-order valence-electron chi connectivity index (χ0n) is 10.1. The molecule has 2 rings (SSSR count). The molecule has 0 aliphatic rings. The van der Waals surface area contributed by atoms with Crippen molar-refractivity contribution in [1.82, 2.24) is 5.32 Å². The summed E-state index contributed by atoms with van der Waals surface area (Å²) in [7, 11) is 0. The van der Waals surface area contributed by atoms with Gasteiger partial charge < -0.3 is 10.4 Å². The number of halogens is 1. The largest absolute Gasteiger partial charge is 0.387 e. The van der Waals surface area contributed by atoms with Gasteiger partial charge in [-0.2, -0.15) is 11.3 Å². The van der Waals surface area contributed by atoms with Crippen LogP contribution < -0.4 is 5.32 Å². The van der Waals surface area contributed by atoms with Crippen LogP contribution in [0.1, 0.15) is 30.2 Å². The number of benzene rings is 1. The highest BCUT2D eigenvalue weighted by Gasteiger charge is 2.11. The van der Waals surface area contributed by atoms with Crippen LogP contribution in [0.2, 0.25) is 0 Å². The molecule has 2 unspecified atom stereocenters. The van der Waals surface area contributed by atoms with Crippen LogP contribution >= 0.6 is 11.3 Å². The number of hydrogen-bond donors (Lipinski definition) is 2. The molecular weight excluding hydrogens is 249 g/mol. The number of nitrogens with one attached hydrogen (secondary N) is 1. The maximum Gasteiger partial charge on any atom is 0.123 e. The second kappa shape index (κ2) is 6.09. The van der Waals surface area contributed by atoms with Crippen molar-refractivity contribution >= 4 is 11.3 Å². The number of aliphatic hydroxyl groups is 1. The minimum Gasteiger partial charge on any atom is -0.387 e. The van der Waals surface area contributed by atoms with Gasteiger partial charge in [-0.1, -0.05) is 12.1 Å². The molecule has 4 heteroatoms. The average molecular weight is 265 g/mol. The molecule has 0 fully saturated rings. The standard InChI is InChI=1S/C14H16FNOS/c1-10(11-3-2-4-13(15)7-11)16-8-14(17)12-5-6-18-9-12/h2-7,9-10,14,16-17H,8H2,1H3. The second-order valence-electron chi connectivity index (χ2n) is 4.26. The first-order valence-electron chi connectivity index (χ1n) is 5.86. The van der Waals surface area contributed by atoms with Crippen LogP contribution in [0.3, 0.4) is 0 Å². The van der Waals surface area contributed by atoms with Crippen molar-refractivity contribution in [3.8, 4) is 0 Å². The van der Waals surface area contributed by atoms with Crippen molar-refractivity contribution in [3.63, 3.8) is 0 Å². The van der Waals surface area contributed by atoms with Gasteiger partial charge in [0, 0.05) is 12.6 Å². The molecule has 1 heterocycles. The molecule has 0 aliphatic carbocycles. The van der Waals surface area contributed by atoms with Gasteiger partial charge in [-0.05, 0) is 47.0 Å². The summed E-state index contributed by atoms with van der Waals surface area (Å²) in [5.74, 6) is -0.237. The summed E-state index contributed by atoms with van der Waals surface area (Å²) >= 11 is 1.56. The van der Waals surface area contributed by atoms with Crippen LogP contribution in [0.4, 0.5) is 4.39 Å². The van der Waals surface area contributed by atoms with Crippen molar-refractivity contribution in [2.75, 3.05) is 6.54 Å². The number of thiophene rings is 1. The van der Waals surface area contributed by atoms with Gasteiger partial charge in [0.25, 0.3) is 0 Å². The molecule has 0 saturated heterocycles. The van der Waals surface area contributed by atoms with Crippen molar-refractivity contribution in [3.05, 3.63) is 58.0 Å². The summed E-state index contributed by atoms with van der Waals surface area (Å²) in [6.45, 7) is 2.41. The Morgan fingerprint density at radius 1 is 1.33 bits per heavy atom. The highest BCUT2D eigenvalue weighted by Crippen LogP contribution is 2.18. The average Bonchev–Trinajstić information content (AvgIpc) is 2.89. The molecule has 2 atom stereocenters. The molecule has 2 aromatic rings. The first-order valence-corrected chi connectivity index (χ1v) is 6.80. The van der Waals surface area contributed by atoms with Crippen molar-refractivity contribution in [2.45, 2.75) is 19.1 Å². The smallest absolute Gasteiger partial charge is 0.123 e. The van der Waals surface area contributed by atoms with Crippen LogP contribution in [0.25, 0.3) is 0 Å². The quantitative estimate of drug-likeness (QED) is 0.869. The highest BCUT2D eigenvalue weighted by molar-refractivity contribution is 7.07. The zero-order chi connectivity index (χ0) is 13.0. The molecule has 96 valence electrons. The predicted molar refractivity (Wildman–Crippen MR) is 72.1 cm³/mol. The van der Waals surface area contributed by atoms with Gasteiger partial charge in [0.2, 0.25) is 0 Å². The SMILES string of the molecule is CC(NCC(O)c1ccsc1)c1cccc(F)c1. The van der Waals surface area contributed by atoms with E-state index in [1.54, 1.807) is 17.4 Å². The van der Waals surface area contributed by atoms with Crippen molar-refractivity contribution in [2.24, 2.45) is 0 Å². The Balaban J connectivity index is 1.90. The summed E-state index contributed by atoms with van der Waals surface area (Å²) in [5, 5.41) is 17.0. The van der Waals surface area contributed by atoms with Crippen molar-refractivity contribution < 1.29 is 9.50 Å². The summed E-state index contributed by atoms with van der Waals surface area (Å²) < 4.78 is 13.1. The van der Waals surface area contributed by atoms with Crippen LogP contribution in [-0.2, 0) is 0 Å². The molecule has 0 saturated carbocycles. The van der Waals surface area contributed by atoms with Gasteiger partial charge in [0.1, 0.15) is 5.82 Å². The third-order valence-electron chi connectivity index (χ3n) is 2.89. The number of aliphatic hydroxyl groups excluding tert-OH is 1. The Kier molecular flexibility index (Phi) is 4.47. The lowest BCUT2D eigenvalue weighted by Crippen LogP contribution is -2.24. The molecule has 0 radical (unpaired) electrons. The van der Waals surface area contributed by atoms with E-state index in [4.69, 9.17) is 0 Å². The van der Waals surface area contributed by atoms with Gasteiger partial charge in [0.15, 0.2) is 0 Å². The normalized spacial score (nSPS) is 14.4. The van der Waals surface area contributed by atoms with Crippen LogP contribution in [0.5, 0.6) is 0 Å². The lowest BCUT2D eigenvalue weighted by molar-refractivity contribution is 0.171. The lowest BCUT2D eigenvalue weighted by Gasteiger charge is -2.17. The maximum atomic E-state index is 13.1. The fraction of sp³-hybridized carbons (Fsp3) is 0.286. The van der Waals surface area contributed by atoms with E-state index in [2.05, 4.69) is 5.32 Å². The van der Waals surface area contributed by atoms with E-state index in [1.165, 1.54) is 12.1 Å². The summed E-state index contributed by atoms with van der Waals surface area (Å²) in [5.41, 5.74) is 1.80. The lowest BCUT2D eigenvalue weighted by atomic mass is 10.1. The Labute approximate surface area is 110 Å². The van der Waals surface area contributed by atoms with Crippen molar-refractivity contribution in [1.29, 1.82) is 0 Å². The Hall–Kier alpha value is -1.23. The summed E-state index contributed by atoms with van der Waals surface area (Å²) in [4.78, 5) is 0. The zero-order valence-corrected chi connectivity index (χ0v) is 11.0. The summed E-state index contributed by atoms with van der Waals surface area (Å²) in [6, 6.07) is 8.42. The van der Waals surface area contributed by atoms with Gasteiger partial charge in [-0.3, -0.25) is 0 Å². The third-order valence-corrected chi connectivity index (χ3v) is 3.60. The number of rotatable bonds is 5. The molecule has 0 amide bonds. The van der Waals surface area contributed by atoms with Crippen LogP contribution in [-0.4, -0.2) is 11.7 Å². The molecular formula is C14H16FNOS. The van der Waals surface area contributed by atoms with Crippen LogP contribution in [0, 0.1) is 5.82 Å². The van der Waals surface area contributed by atoms with E-state index in [9.17, 15) is 9.50 Å². The Bertz CT molecular complexity index is 486. The third kappa shape index (κ3) is 3.38. The second-order valence-corrected chi connectivity index (χ2v) is 5.04. The van der Waals surface area contributed by atoms with Gasteiger partial charge >= 0.3 is 0 Å². The minimum atomic E-state index is -0.521. The molecule has 1 aromatic carbocycles. The van der Waals surface area contributed by atoms with E-state index in [0.717, 1.165) is 11.1 Å². The monoisotopic (exact) mass is 265 g/mol. The van der Waals surface area contributed by atoms with E-state index >= 15 is 0 Å².